The highest BCUT2D eigenvalue weighted by Gasteiger charge is 2.02. The minimum atomic E-state index is 0.474. The summed E-state index contributed by atoms with van der Waals surface area (Å²) in [5, 5.41) is 1.33. The molecule has 0 spiro atoms. The summed E-state index contributed by atoms with van der Waals surface area (Å²) in [4.78, 5) is 12.1. The molecule has 5 heteroatoms. The number of halogens is 1. The third kappa shape index (κ3) is 1.44. The molecular formula is C11H7ClN4. The van der Waals surface area contributed by atoms with Gasteiger partial charge in [0.2, 0.25) is 0 Å². The van der Waals surface area contributed by atoms with Crippen LogP contribution < -0.4 is 0 Å². The van der Waals surface area contributed by atoms with Crippen LogP contribution in [-0.2, 0) is 0 Å². The van der Waals surface area contributed by atoms with Gasteiger partial charge in [-0.25, -0.2) is 15.0 Å². The Morgan fingerprint density at radius 2 is 2.12 bits per heavy atom. The van der Waals surface area contributed by atoms with Gasteiger partial charge in [-0.1, -0.05) is 11.6 Å². The average Bonchev–Trinajstić information content (AvgIpc) is 2.82. The van der Waals surface area contributed by atoms with E-state index < -0.39 is 0 Å². The Morgan fingerprint density at radius 1 is 1.19 bits per heavy atom. The summed E-state index contributed by atoms with van der Waals surface area (Å²) in [6, 6.07) is 5.82. The molecule has 78 valence electrons. The molecule has 1 aromatic carbocycles. The summed E-state index contributed by atoms with van der Waals surface area (Å²) < 4.78 is 1.91. The Hall–Kier alpha value is -1.94. The van der Waals surface area contributed by atoms with E-state index in [1.807, 2.05) is 29.0 Å². The van der Waals surface area contributed by atoms with E-state index in [-0.39, 0.29) is 0 Å². The van der Waals surface area contributed by atoms with E-state index in [0.29, 0.717) is 5.15 Å². The fraction of sp³-hybridized carbons (Fsp3) is 0. The Bertz CT molecular complexity index is 634. The van der Waals surface area contributed by atoms with Crippen molar-refractivity contribution in [3.63, 3.8) is 0 Å². The molecule has 0 radical (unpaired) electrons. The van der Waals surface area contributed by atoms with Gasteiger partial charge in [0.25, 0.3) is 0 Å². The summed E-state index contributed by atoms with van der Waals surface area (Å²) in [6.07, 6.45) is 6.81. The minimum Gasteiger partial charge on any atom is -0.306 e. The first-order chi connectivity index (χ1) is 7.84. The van der Waals surface area contributed by atoms with E-state index in [1.54, 1.807) is 12.5 Å². The number of rotatable bonds is 1. The lowest BCUT2D eigenvalue weighted by Gasteiger charge is -2.03. The van der Waals surface area contributed by atoms with Gasteiger partial charge < -0.3 is 4.57 Å². The first kappa shape index (κ1) is 9.30. The van der Waals surface area contributed by atoms with Crippen LogP contribution in [0.4, 0.5) is 0 Å². The number of hydrogen-bond donors (Lipinski definition) is 0. The molecule has 0 atom stereocenters. The first-order valence-corrected chi connectivity index (χ1v) is 5.11. The number of imidazole rings is 1. The molecule has 0 aliphatic carbocycles. The molecule has 3 aromatic rings. The Balaban J connectivity index is 2.24. The predicted molar refractivity (Wildman–Crippen MR) is 61.7 cm³/mol. The van der Waals surface area contributed by atoms with Crippen LogP contribution in [0.15, 0.2) is 43.2 Å². The van der Waals surface area contributed by atoms with Gasteiger partial charge >= 0.3 is 0 Å². The van der Waals surface area contributed by atoms with Crippen LogP contribution in [-0.4, -0.2) is 19.5 Å². The standard InChI is InChI=1S/C11H7ClN4/c12-11-9-2-1-8(16-4-3-13-7-16)5-10(9)14-6-15-11/h1-7H. The molecule has 0 bridgehead atoms. The molecule has 0 aliphatic heterocycles. The molecular weight excluding hydrogens is 224 g/mol. The van der Waals surface area contributed by atoms with Gasteiger partial charge in [0, 0.05) is 23.5 Å². The highest BCUT2D eigenvalue weighted by atomic mass is 35.5. The van der Waals surface area contributed by atoms with Crippen molar-refractivity contribution >= 4 is 22.5 Å². The Morgan fingerprint density at radius 3 is 2.94 bits per heavy atom. The molecule has 0 fully saturated rings. The summed E-state index contributed by atoms with van der Waals surface area (Å²) in [5.74, 6) is 0. The SMILES string of the molecule is Clc1ncnc2cc(-n3ccnc3)ccc12. The van der Waals surface area contributed by atoms with Crippen LogP contribution >= 0.6 is 11.6 Å². The normalized spacial score (nSPS) is 10.8. The van der Waals surface area contributed by atoms with Crippen molar-refractivity contribution in [2.75, 3.05) is 0 Å². The molecule has 16 heavy (non-hydrogen) atoms. The lowest BCUT2D eigenvalue weighted by atomic mass is 10.2. The van der Waals surface area contributed by atoms with Crippen LogP contribution in [0.2, 0.25) is 5.15 Å². The van der Waals surface area contributed by atoms with Gasteiger partial charge in [0.05, 0.1) is 11.8 Å². The minimum absolute atomic E-state index is 0.474. The third-order valence-electron chi connectivity index (χ3n) is 2.37. The van der Waals surface area contributed by atoms with Crippen molar-refractivity contribution in [3.05, 3.63) is 48.4 Å². The fourth-order valence-electron chi connectivity index (χ4n) is 1.59. The zero-order valence-electron chi connectivity index (χ0n) is 8.21. The molecule has 3 rings (SSSR count). The van der Waals surface area contributed by atoms with Crippen molar-refractivity contribution < 1.29 is 0 Å². The zero-order valence-corrected chi connectivity index (χ0v) is 8.96. The van der Waals surface area contributed by atoms with Crippen molar-refractivity contribution in [1.29, 1.82) is 0 Å². The largest absolute Gasteiger partial charge is 0.306 e. The van der Waals surface area contributed by atoms with Crippen molar-refractivity contribution in [1.82, 2.24) is 19.5 Å². The highest BCUT2D eigenvalue weighted by molar-refractivity contribution is 6.34. The molecule has 0 aliphatic rings. The molecule has 2 heterocycles. The number of fused-ring (bicyclic) bond motifs is 1. The first-order valence-electron chi connectivity index (χ1n) is 4.73. The van der Waals surface area contributed by atoms with Gasteiger partial charge in [0.15, 0.2) is 0 Å². The van der Waals surface area contributed by atoms with Crippen LogP contribution in [0.3, 0.4) is 0 Å². The van der Waals surface area contributed by atoms with Gasteiger partial charge in [0.1, 0.15) is 11.5 Å². The number of aromatic nitrogens is 4. The van der Waals surface area contributed by atoms with E-state index in [0.717, 1.165) is 16.6 Å². The van der Waals surface area contributed by atoms with Gasteiger partial charge in [-0.2, -0.15) is 0 Å². The summed E-state index contributed by atoms with van der Waals surface area (Å²) in [7, 11) is 0. The maximum Gasteiger partial charge on any atom is 0.140 e. The fourth-order valence-corrected chi connectivity index (χ4v) is 1.79. The maximum atomic E-state index is 5.96. The van der Waals surface area contributed by atoms with E-state index in [1.165, 1.54) is 6.33 Å². The van der Waals surface area contributed by atoms with Crippen LogP contribution in [0.5, 0.6) is 0 Å². The zero-order chi connectivity index (χ0) is 11.0. The van der Waals surface area contributed by atoms with E-state index in [2.05, 4.69) is 15.0 Å². The second kappa shape index (κ2) is 3.57. The summed E-state index contributed by atoms with van der Waals surface area (Å²) in [6.45, 7) is 0. The number of benzene rings is 1. The Labute approximate surface area is 96.6 Å². The molecule has 0 saturated heterocycles. The van der Waals surface area contributed by atoms with Crippen molar-refractivity contribution in [2.45, 2.75) is 0 Å². The van der Waals surface area contributed by atoms with Crippen LogP contribution in [0.1, 0.15) is 0 Å². The molecule has 0 N–H and O–H groups in total. The van der Waals surface area contributed by atoms with E-state index in [9.17, 15) is 0 Å². The van der Waals surface area contributed by atoms with Crippen LogP contribution in [0.25, 0.3) is 16.6 Å². The lowest BCUT2D eigenvalue weighted by molar-refractivity contribution is 1.06. The highest BCUT2D eigenvalue weighted by Crippen LogP contribution is 2.21. The Kier molecular flexibility index (Phi) is 2.08. The molecule has 2 aromatic heterocycles. The molecule has 0 amide bonds. The predicted octanol–water partition coefficient (Wildman–Crippen LogP) is 2.47. The molecule has 0 unspecified atom stereocenters. The lowest BCUT2D eigenvalue weighted by Crippen LogP contribution is -1.91. The molecule has 0 saturated carbocycles. The second-order valence-corrected chi connectivity index (χ2v) is 3.69. The van der Waals surface area contributed by atoms with E-state index >= 15 is 0 Å². The topological polar surface area (TPSA) is 43.6 Å². The second-order valence-electron chi connectivity index (χ2n) is 3.34. The van der Waals surface area contributed by atoms with Crippen molar-refractivity contribution in [3.8, 4) is 5.69 Å². The monoisotopic (exact) mass is 230 g/mol. The maximum absolute atomic E-state index is 5.96. The van der Waals surface area contributed by atoms with Crippen molar-refractivity contribution in [2.24, 2.45) is 0 Å². The number of nitrogens with zero attached hydrogens (tertiary/aromatic N) is 4. The third-order valence-corrected chi connectivity index (χ3v) is 2.68. The summed E-state index contributed by atoms with van der Waals surface area (Å²) in [5.41, 5.74) is 1.82. The average molecular weight is 231 g/mol. The number of hydrogen-bond acceptors (Lipinski definition) is 3. The quantitative estimate of drug-likeness (QED) is 0.603. The van der Waals surface area contributed by atoms with Crippen LogP contribution in [0, 0.1) is 0 Å². The smallest absolute Gasteiger partial charge is 0.140 e. The van der Waals surface area contributed by atoms with Gasteiger partial charge in [-0.15, -0.1) is 0 Å². The summed E-state index contributed by atoms with van der Waals surface area (Å²) >= 11 is 5.96. The molecule has 4 nitrogen and oxygen atoms in total. The van der Waals surface area contributed by atoms with Gasteiger partial charge in [-0.3, -0.25) is 0 Å². The van der Waals surface area contributed by atoms with E-state index in [4.69, 9.17) is 11.6 Å². The van der Waals surface area contributed by atoms with Gasteiger partial charge in [-0.05, 0) is 18.2 Å².